The molecule has 23 heavy (non-hydrogen) atoms. The molecular weight excluding hydrogens is 332 g/mol. The van der Waals surface area contributed by atoms with E-state index in [2.05, 4.69) is 19.2 Å². The summed E-state index contributed by atoms with van der Waals surface area (Å²) < 4.78 is 27.8. The zero-order chi connectivity index (χ0) is 16.7. The van der Waals surface area contributed by atoms with E-state index >= 15 is 0 Å². The molecule has 0 amide bonds. The molecule has 6 heteroatoms. The van der Waals surface area contributed by atoms with E-state index in [1.165, 1.54) is 0 Å². The molecule has 1 aromatic rings. The standard InChI is InChI=1S/C17H25ClN2O2S/c1-13(2)14-3-4-15(18)16(11-14)23(21,22)20-10-7-17(12-20)5-8-19-9-6-17/h3-4,11,13,19H,5-10,12H2,1-2H3. The van der Waals surface area contributed by atoms with Crippen LogP contribution in [0.2, 0.25) is 5.02 Å². The molecule has 128 valence electrons. The largest absolute Gasteiger partial charge is 0.317 e. The zero-order valence-corrected chi connectivity index (χ0v) is 15.4. The first-order chi connectivity index (χ1) is 10.8. The van der Waals surface area contributed by atoms with Gasteiger partial charge in [0.05, 0.1) is 5.02 Å². The summed E-state index contributed by atoms with van der Waals surface area (Å²) in [4.78, 5) is 0.261. The molecule has 0 unspecified atom stereocenters. The normalized spacial score (nSPS) is 22.1. The second-order valence-corrected chi connectivity index (χ2v) is 9.50. The van der Waals surface area contributed by atoms with Gasteiger partial charge in [0, 0.05) is 13.1 Å². The van der Waals surface area contributed by atoms with Gasteiger partial charge in [-0.15, -0.1) is 0 Å². The van der Waals surface area contributed by atoms with Crippen LogP contribution in [-0.2, 0) is 10.0 Å². The molecule has 1 aromatic carbocycles. The number of benzene rings is 1. The van der Waals surface area contributed by atoms with E-state index in [1.807, 2.05) is 6.07 Å². The lowest BCUT2D eigenvalue weighted by atomic mass is 9.78. The summed E-state index contributed by atoms with van der Waals surface area (Å²) in [6.45, 7) is 7.30. The fraction of sp³-hybridized carbons (Fsp3) is 0.647. The first-order valence-corrected chi connectivity index (χ1v) is 10.2. The molecule has 0 atom stereocenters. The predicted molar refractivity (Wildman–Crippen MR) is 93.5 cm³/mol. The Morgan fingerprint density at radius 2 is 1.91 bits per heavy atom. The summed E-state index contributed by atoms with van der Waals surface area (Å²) >= 11 is 6.23. The van der Waals surface area contributed by atoms with Crippen molar-refractivity contribution in [3.8, 4) is 0 Å². The summed E-state index contributed by atoms with van der Waals surface area (Å²) in [5.74, 6) is 0.274. The summed E-state index contributed by atoms with van der Waals surface area (Å²) in [5.41, 5.74) is 1.16. The van der Waals surface area contributed by atoms with E-state index in [4.69, 9.17) is 11.6 Å². The SMILES string of the molecule is CC(C)c1ccc(Cl)c(S(=O)(=O)N2CCC3(CCNCC3)C2)c1. The molecule has 2 aliphatic heterocycles. The van der Waals surface area contributed by atoms with Crippen LogP contribution in [-0.4, -0.2) is 38.9 Å². The molecular formula is C17H25ClN2O2S. The first kappa shape index (κ1) is 17.2. The van der Waals surface area contributed by atoms with E-state index in [1.54, 1.807) is 16.4 Å². The molecule has 2 saturated heterocycles. The van der Waals surface area contributed by atoms with Crippen LogP contribution in [0, 0.1) is 5.41 Å². The number of rotatable bonds is 3. The van der Waals surface area contributed by atoms with Crippen molar-refractivity contribution in [2.45, 2.75) is 43.9 Å². The van der Waals surface area contributed by atoms with E-state index in [-0.39, 0.29) is 16.2 Å². The van der Waals surface area contributed by atoms with E-state index in [0.717, 1.165) is 37.9 Å². The third-order valence-corrected chi connectivity index (χ3v) is 7.63. The van der Waals surface area contributed by atoms with Crippen molar-refractivity contribution < 1.29 is 8.42 Å². The Morgan fingerprint density at radius 3 is 2.57 bits per heavy atom. The Morgan fingerprint density at radius 1 is 1.22 bits per heavy atom. The van der Waals surface area contributed by atoms with Crippen LogP contribution < -0.4 is 5.32 Å². The summed E-state index contributed by atoms with van der Waals surface area (Å²) in [6.07, 6.45) is 3.06. The minimum absolute atomic E-state index is 0.153. The van der Waals surface area contributed by atoms with Crippen molar-refractivity contribution >= 4 is 21.6 Å². The predicted octanol–water partition coefficient (Wildman–Crippen LogP) is 3.23. The molecule has 0 saturated carbocycles. The smallest absolute Gasteiger partial charge is 0.244 e. The number of nitrogens with one attached hydrogen (secondary N) is 1. The zero-order valence-electron chi connectivity index (χ0n) is 13.8. The second-order valence-electron chi connectivity index (χ2n) is 7.18. The Balaban J connectivity index is 1.89. The average molecular weight is 357 g/mol. The molecule has 0 radical (unpaired) electrons. The fourth-order valence-electron chi connectivity index (χ4n) is 3.68. The average Bonchev–Trinajstić information content (AvgIpc) is 2.92. The topological polar surface area (TPSA) is 49.4 Å². The maximum Gasteiger partial charge on any atom is 0.244 e. The minimum Gasteiger partial charge on any atom is -0.317 e. The highest BCUT2D eigenvalue weighted by Crippen LogP contribution is 2.41. The number of halogens is 1. The molecule has 2 fully saturated rings. The Hall–Kier alpha value is -0.620. The number of hydrogen-bond acceptors (Lipinski definition) is 3. The van der Waals surface area contributed by atoms with Crippen LogP contribution >= 0.6 is 11.6 Å². The van der Waals surface area contributed by atoms with Crippen LogP contribution in [0.5, 0.6) is 0 Å². The van der Waals surface area contributed by atoms with Gasteiger partial charge in [-0.05, 0) is 61.4 Å². The first-order valence-electron chi connectivity index (χ1n) is 8.34. The van der Waals surface area contributed by atoms with Crippen LogP contribution in [0.25, 0.3) is 0 Å². The van der Waals surface area contributed by atoms with Gasteiger partial charge < -0.3 is 5.32 Å². The third kappa shape index (κ3) is 3.29. The van der Waals surface area contributed by atoms with Gasteiger partial charge in [0.25, 0.3) is 0 Å². The highest BCUT2D eigenvalue weighted by atomic mass is 35.5. The van der Waals surface area contributed by atoms with Crippen molar-refractivity contribution in [1.29, 1.82) is 0 Å². The molecule has 2 aliphatic rings. The van der Waals surface area contributed by atoms with Crippen LogP contribution in [0.1, 0.15) is 44.6 Å². The summed E-state index contributed by atoms with van der Waals surface area (Å²) in [7, 11) is -3.52. The van der Waals surface area contributed by atoms with Gasteiger partial charge in [-0.25, -0.2) is 8.42 Å². The van der Waals surface area contributed by atoms with Gasteiger partial charge in [-0.3, -0.25) is 0 Å². The fourth-order valence-corrected chi connectivity index (χ4v) is 5.74. The molecule has 4 nitrogen and oxygen atoms in total. The van der Waals surface area contributed by atoms with E-state index in [0.29, 0.717) is 18.1 Å². The Labute approximate surface area is 144 Å². The lowest BCUT2D eigenvalue weighted by molar-refractivity contribution is 0.218. The number of piperidine rings is 1. The number of hydrogen-bond donors (Lipinski definition) is 1. The minimum atomic E-state index is -3.52. The molecule has 2 heterocycles. The van der Waals surface area contributed by atoms with Gasteiger partial charge in [0.15, 0.2) is 0 Å². The number of sulfonamides is 1. The highest BCUT2D eigenvalue weighted by molar-refractivity contribution is 7.89. The van der Waals surface area contributed by atoms with Crippen LogP contribution in [0.3, 0.4) is 0 Å². The molecule has 0 bridgehead atoms. The number of nitrogens with zero attached hydrogens (tertiary/aromatic N) is 1. The van der Waals surface area contributed by atoms with Crippen molar-refractivity contribution in [2.24, 2.45) is 5.41 Å². The van der Waals surface area contributed by atoms with Crippen LogP contribution in [0.15, 0.2) is 23.1 Å². The maximum atomic E-state index is 13.1. The van der Waals surface area contributed by atoms with Gasteiger partial charge in [0.2, 0.25) is 10.0 Å². The van der Waals surface area contributed by atoms with Gasteiger partial charge in [0.1, 0.15) is 4.90 Å². The summed E-state index contributed by atoms with van der Waals surface area (Å²) in [6, 6.07) is 5.36. The third-order valence-electron chi connectivity index (χ3n) is 5.31. The van der Waals surface area contributed by atoms with E-state index in [9.17, 15) is 8.42 Å². The van der Waals surface area contributed by atoms with Crippen molar-refractivity contribution in [1.82, 2.24) is 9.62 Å². The highest BCUT2D eigenvalue weighted by Gasteiger charge is 2.43. The van der Waals surface area contributed by atoms with Crippen LogP contribution in [0.4, 0.5) is 0 Å². The van der Waals surface area contributed by atoms with Gasteiger partial charge in [-0.1, -0.05) is 31.5 Å². The molecule has 1 spiro atoms. The van der Waals surface area contributed by atoms with Crippen molar-refractivity contribution in [2.75, 3.05) is 26.2 Å². The van der Waals surface area contributed by atoms with Gasteiger partial charge >= 0.3 is 0 Å². The summed E-state index contributed by atoms with van der Waals surface area (Å²) in [5, 5.41) is 3.68. The lowest BCUT2D eigenvalue weighted by Crippen LogP contribution is -2.39. The van der Waals surface area contributed by atoms with Crippen molar-refractivity contribution in [3.05, 3.63) is 28.8 Å². The Bertz CT molecular complexity index is 682. The quantitative estimate of drug-likeness (QED) is 0.904. The van der Waals surface area contributed by atoms with E-state index < -0.39 is 10.0 Å². The monoisotopic (exact) mass is 356 g/mol. The van der Waals surface area contributed by atoms with Crippen molar-refractivity contribution in [3.63, 3.8) is 0 Å². The molecule has 0 aliphatic carbocycles. The molecule has 1 N–H and O–H groups in total. The molecule has 3 rings (SSSR count). The lowest BCUT2D eigenvalue weighted by Gasteiger charge is -2.33. The molecule has 0 aromatic heterocycles. The maximum absolute atomic E-state index is 13.1. The Kier molecular flexibility index (Phi) is 4.76. The van der Waals surface area contributed by atoms with Gasteiger partial charge in [-0.2, -0.15) is 4.31 Å². The second kappa shape index (κ2) is 6.36.